The van der Waals surface area contributed by atoms with E-state index in [0.717, 1.165) is 24.1 Å². The highest BCUT2D eigenvalue weighted by Crippen LogP contribution is 2.29. The maximum Gasteiger partial charge on any atom is 0.416 e. The van der Waals surface area contributed by atoms with Crippen LogP contribution in [-0.2, 0) is 28.7 Å². The third-order valence-electron chi connectivity index (χ3n) is 3.82. The molecule has 0 heterocycles. The van der Waals surface area contributed by atoms with Crippen LogP contribution in [0.3, 0.4) is 0 Å². The van der Waals surface area contributed by atoms with Crippen LogP contribution >= 0.6 is 0 Å². The Morgan fingerprint density at radius 1 is 0.963 bits per heavy atom. The highest BCUT2D eigenvalue weighted by atomic mass is 19.4. The van der Waals surface area contributed by atoms with Crippen LogP contribution in [-0.4, -0.2) is 11.8 Å². The molecule has 144 valence electrons. The predicted octanol–water partition coefficient (Wildman–Crippen LogP) is 4.30. The number of carbonyl (C=O) groups excluding carboxylic acids is 2. The SMILES string of the molecule is CCCC(=O)Nc1cccc(CNC(=O)Cc2ccc(C(F)(F)F)cc2)c1. The van der Waals surface area contributed by atoms with Crippen molar-refractivity contribution in [3.63, 3.8) is 0 Å². The summed E-state index contributed by atoms with van der Waals surface area (Å²) in [6, 6.07) is 11.6. The van der Waals surface area contributed by atoms with Gasteiger partial charge >= 0.3 is 6.18 Å². The van der Waals surface area contributed by atoms with Crippen LogP contribution in [0.4, 0.5) is 18.9 Å². The molecule has 4 nitrogen and oxygen atoms in total. The summed E-state index contributed by atoms with van der Waals surface area (Å²) in [5, 5.41) is 5.51. The molecule has 27 heavy (non-hydrogen) atoms. The number of rotatable bonds is 7. The second-order valence-corrected chi connectivity index (χ2v) is 6.15. The molecule has 0 aromatic heterocycles. The summed E-state index contributed by atoms with van der Waals surface area (Å²) in [5.41, 5.74) is 1.22. The van der Waals surface area contributed by atoms with Crippen LogP contribution in [0.5, 0.6) is 0 Å². The van der Waals surface area contributed by atoms with Gasteiger partial charge < -0.3 is 10.6 Å². The molecular formula is C20H21F3N2O2. The third kappa shape index (κ3) is 6.77. The first kappa shape index (κ1) is 20.5. The molecule has 0 aliphatic heterocycles. The highest BCUT2D eigenvalue weighted by Gasteiger charge is 2.29. The van der Waals surface area contributed by atoms with Gasteiger partial charge in [-0.3, -0.25) is 9.59 Å². The predicted molar refractivity (Wildman–Crippen MR) is 97.0 cm³/mol. The number of anilines is 1. The van der Waals surface area contributed by atoms with Gasteiger partial charge in [-0.15, -0.1) is 0 Å². The normalized spacial score (nSPS) is 11.1. The summed E-state index contributed by atoms with van der Waals surface area (Å²) < 4.78 is 37.6. The number of benzene rings is 2. The van der Waals surface area contributed by atoms with Crippen LogP contribution in [0.25, 0.3) is 0 Å². The number of carbonyl (C=O) groups is 2. The van der Waals surface area contributed by atoms with E-state index in [1.165, 1.54) is 12.1 Å². The van der Waals surface area contributed by atoms with Crippen molar-refractivity contribution in [1.82, 2.24) is 5.32 Å². The number of hydrogen-bond donors (Lipinski definition) is 2. The molecule has 0 unspecified atom stereocenters. The Bertz CT molecular complexity index is 787. The van der Waals surface area contributed by atoms with Gasteiger partial charge in [0.25, 0.3) is 0 Å². The Balaban J connectivity index is 1.87. The van der Waals surface area contributed by atoms with E-state index in [9.17, 15) is 22.8 Å². The maximum absolute atomic E-state index is 12.5. The second kappa shape index (κ2) is 9.21. The smallest absolute Gasteiger partial charge is 0.352 e. The molecule has 0 bridgehead atoms. The zero-order chi connectivity index (χ0) is 19.9. The average molecular weight is 378 g/mol. The van der Waals surface area contributed by atoms with Gasteiger partial charge in [-0.25, -0.2) is 0 Å². The van der Waals surface area contributed by atoms with E-state index in [4.69, 9.17) is 0 Å². The van der Waals surface area contributed by atoms with Crippen molar-refractivity contribution >= 4 is 17.5 Å². The van der Waals surface area contributed by atoms with Gasteiger partial charge in [0.2, 0.25) is 11.8 Å². The van der Waals surface area contributed by atoms with Crippen LogP contribution < -0.4 is 10.6 Å². The Kier molecular flexibility index (Phi) is 6.98. The van der Waals surface area contributed by atoms with Crippen molar-refractivity contribution < 1.29 is 22.8 Å². The third-order valence-corrected chi connectivity index (χ3v) is 3.82. The van der Waals surface area contributed by atoms with Gasteiger partial charge in [0.15, 0.2) is 0 Å². The lowest BCUT2D eigenvalue weighted by atomic mass is 10.1. The van der Waals surface area contributed by atoms with Crippen LogP contribution in [0.1, 0.15) is 36.5 Å². The summed E-state index contributed by atoms with van der Waals surface area (Å²) in [7, 11) is 0. The molecule has 0 saturated carbocycles. The lowest BCUT2D eigenvalue weighted by molar-refractivity contribution is -0.137. The van der Waals surface area contributed by atoms with Gasteiger partial charge in [-0.1, -0.05) is 31.2 Å². The molecule has 0 aliphatic carbocycles. The Morgan fingerprint density at radius 2 is 1.67 bits per heavy atom. The van der Waals surface area contributed by atoms with Crippen molar-refractivity contribution in [2.75, 3.05) is 5.32 Å². The number of amides is 2. The molecule has 0 saturated heterocycles. The fraction of sp³-hybridized carbons (Fsp3) is 0.300. The fourth-order valence-corrected chi connectivity index (χ4v) is 2.47. The van der Waals surface area contributed by atoms with Gasteiger partial charge in [-0.2, -0.15) is 13.2 Å². The van der Waals surface area contributed by atoms with Crippen LogP contribution in [0, 0.1) is 0 Å². The van der Waals surface area contributed by atoms with E-state index >= 15 is 0 Å². The minimum absolute atomic E-state index is 0.00887. The summed E-state index contributed by atoms with van der Waals surface area (Å²) in [6.07, 6.45) is -3.21. The molecule has 0 aliphatic rings. The molecular weight excluding hydrogens is 357 g/mol. The number of alkyl halides is 3. The molecule has 0 fully saturated rings. The van der Waals surface area contributed by atoms with E-state index in [-0.39, 0.29) is 24.8 Å². The Morgan fingerprint density at radius 3 is 2.30 bits per heavy atom. The van der Waals surface area contributed by atoms with E-state index in [2.05, 4.69) is 10.6 Å². The van der Waals surface area contributed by atoms with E-state index in [0.29, 0.717) is 17.7 Å². The number of hydrogen-bond acceptors (Lipinski definition) is 2. The lowest BCUT2D eigenvalue weighted by Gasteiger charge is -2.09. The fourth-order valence-electron chi connectivity index (χ4n) is 2.47. The highest BCUT2D eigenvalue weighted by molar-refractivity contribution is 5.90. The van der Waals surface area contributed by atoms with Gasteiger partial charge in [-0.05, 0) is 41.8 Å². The molecule has 2 N–H and O–H groups in total. The van der Waals surface area contributed by atoms with Crippen molar-refractivity contribution in [1.29, 1.82) is 0 Å². The molecule has 7 heteroatoms. The zero-order valence-electron chi connectivity index (χ0n) is 14.9. The number of nitrogens with one attached hydrogen (secondary N) is 2. The van der Waals surface area contributed by atoms with Crippen molar-refractivity contribution in [3.05, 3.63) is 65.2 Å². The standard InChI is InChI=1S/C20H21F3N2O2/c1-2-4-18(26)25-17-6-3-5-15(11-17)13-24-19(27)12-14-7-9-16(10-8-14)20(21,22)23/h3,5-11H,2,4,12-13H2,1H3,(H,24,27)(H,25,26). The van der Waals surface area contributed by atoms with Crippen LogP contribution in [0.2, 0.25) is 0 Å². The first-order valence-corrected chi connectivity index (χ1v) is 8.59. The topological polar surface area (TPSA) is 58.2 Å². The molecule has 2 rings (SSSR count). The maximum atomic E-state index is 12.5. The molecule has 0 atom stereocenters. The first-order valence-electron chi connectivity index (χ1n) is 8.59. The van der Waals surface area contributed by atoms with E-state index in [1.54, 1.807) is 18.2 Å². The average Bonchev–Trinajstić information content (AvgIpc) is 2.60. The quantitative estimate of drug-likeness (QED) is 0.755. The molecule has 2 amide bonds. The summed E-state index contributed by atoms with van der Waals surface area (Å²) in [5.74, 6) is -0.365. The molecule has 0 radical (unpaired) electrons. The van der Waals surface area contributed by atoms with Crippen molar-refractivity contribution in [2.45, 2.75) is 38.9 Å². The second-order valence-electron chi connectivity index (χ2n) is 6.15. The molecule has 2 aromatic rings. The molecule has 0 spiro atoms. The molecule has 2 aromatic carbocycles. The van der Waals surface area contributed by atoms with Crippen molar-refractivity contribution in [3.8, 4) is 0 Å². The lowest BCUT2D eigenvalue weighted by Crippen LogP contribution is -2.24. The Hall–Kier alpha value is -2.83. The minimum atomic E-state index is -4.39. The van der Waals surface area contributed by atoms with Gasteiger partial charge in [0.1, 0.15) is 0 Å². The monoisotopic (exact) mass is 378 g/mol. The van der Waals surface area contributed by atoms with E-state index < -0.39 is 11.7 Å². The minimum Gasteiger partial charge on any atom is -0.352 e. The van der Waals surface area contributed by atoms with Gasteiger partial charge in [0.05, 0.1) is 12.0 Å². The summed E-state index contributed by atoms with van der Waals surface area (Å²) in [6.45, 7) is 2.18. The number of halogens is 3. The summed E-state index contributed by atoms with van der Waals surface area (Å²) in [4.78, 5) is 23.6. The van der Waals surface area contributed by atoms with Crippen LogP contribution in [0.15, 0.2) is 48.5 Å². The Labute approximate surface area is 155 Å². The summed E-state index contributed by atoms with van der Waals surface area (Å²) >= 11 is 0. The van der Waals surface area contributed by atoms with Crippen molar-refractivity contribution in [2.24, 2.45) is 0 Å². The zero-order valence-corrected chi connectivity index (χ0v) is 14.9. The van der Waals surface area contributed by atoms with E-state index in [1.807, 2.05) is 13.0 Å². The van der Waals surface area contributed by atoms with Gasteiger partial charge in [0, 0.05) is 18.7 Å². The first-order chi connectivity index (χ1) is 12.8. The largest absolute Gasteiger partial charge is 0.416 e.